The van der Waals surface area contributed by atoms with Crippen LogP contribution in [0.25, 0.3) is 0 Å². The van der Waals surface area contributed by atoms with E-state index in [1.54, 1.807) is 20.9 Å². The Morgan fingerprint density at radius 1 is 1.33 bits per heavy atom. The van der Waals surface area contributed by atoms with E-state index in [0.717, 1.165) is 0 Å². The minimum atomic E-state index is -3.66. The molecule has 1 aromatic rings. The van der Waals surface area contributed by atoms with Crippen LogP contribution in [0.4, 0.5) is 0 Å². The molecule has 1 saturated heterocycles. The summed E-state index contributed by atoms with van der Waals surface area (Å²) in [5.74, 6) is 1.04. The quantitative estimate of drug-likeness (QED) is 0.859. The summed E-state index contributed by atoms with van der Waals surface area (Å²) < 4.78 is 39.5. The molecule has 0 spiro atoms. The van der Waals surface area contributed by atoms with Crippen LogP contribution >= 0.6 is 0 Å². The van der Waals surface area contributed by atoms with Gasteiger partial charge in [0.15, 0.2) is 0 Å². The Hall–Kier alpha value is -0.890. The van der Waals surface area contributed by atoms with E-state index in [9.17, 15) is 8.42 Å². The smallest absolute Gasteiger partial charge is 0.244 e. The highest BCUT2D eigenvalue weighted by Crippen LogP contribution is 2.31. The first-order chi connectivity index (χ1) is 9.71. The normalized spacial score (nSPS) is 26.4. The average molecular weight is 316 g/mol. The van der Waals surface area contributed by atoms with Gasteiger partial charge in [-0.25, -0.2) is 13.1 Å². The maximum Gasteiger partial charge on any atom is 0.244 e. The van der Waals surface area contributed by atoms with Crippen molar-refractivity contribution in [2.24, 2.45) is 0 Å². The van der Waals surface area contributed by atoms with Crippen LogP contribution in [0.2, 0.25) is 0 Å². The predicted molar refractivity (Wildman–Crippen MR) is 79.7 cm³/mol. The number of hydrogen-bond acceptors (Lipinski definition) is 5. The molecule has 21 heavy (non-hydrogen) atoms. The Labute approximate surface area is 126 Å². The van der Waals surface area contributed by atoms with Crippen molar-refractivity contribution in [3.8, 4) is 0 Å². The molecule has 0 aliphatic carbocycles. The summed E-state index contributed by atoms with van der Waals surface area (Å²) >= 11 is 0. The van der Waals surface area contributed by atoms with Crippen molar-refractivity contribution in [2.45, 2.75) is 57.2 Å². The van der Waals surface area contributed by atoms with E-state index in [1.165, 1.54) is 0 Å². The standard InChI is InChI=1S/C14H24N2O4S/c1-9-12(8-15-5)13(10(2)20-9)21(17,18)16-14(4)6-7-19-11(14)3/h11,15-16H,6-8H2,1-5H3. The summed E-state index contributed by atoms with van der Waals surface area (Å²) in [6.45, 7) is 8.23. The van der Waals surface area contributed by atoms with Crippen LogP contribution in [-0.4, -0.2) is 33.7 Å². The minimum absolute atomic E-state index is 0.159. The van der Waals surface area contributed by atoms with E-state index in [-0.39, 0.29) is 11.0 Å². The maximum atomic E-state index is 12.8. The number of sulfonamides is 1. The van der Waals surface area contributed by atoms with Crippen molar-refractivity contribution in [1.82, 2.24) is 10.0 Å². The molecule has 2 rings (SSSR count). The van der Waals surface area contributed by atoms with Gasteiger partial charge in [-0.15, -0.1) is 0 Å². The molecule has 2 heterocycles. The van der Waals surface area contributed by atoms with E-state index in [4.69, 9.17) is 9.15 Å². The third-order valence-electron chi connectivity index (χ3n) is 4.20. The minimum Gasteiger partial charge on any atom is -0.465 e. The molecule has 6 nitrogen and oxygen atoms in total. The number of nitrogens with one attached hydrogen (secondary N) is 2. The monoisotopic (exact) mass is 316 g/mol. The third-order valence-corrected chi connectivity index (χ3v) is 6.01. The summed E-state index contributed by atoms with van der Waals surface area (Å²) in [6, 6.07) is 0. The Kier molecular flexibility index (Phi) is 4.49. The van der Waals surface area contributed by atoms with E-state index < -0.39 is 15.6 Å². The fourth-order valence-corrected chi connectivity index (χ4v) is 4.71. The first-order valence-corrected chi connectivity index (χ1v) is 8.58. The molecule has 1 aliphatic rings. The first kappa shape index (κ1) is 16.5. The zero-order valence-electron chi connectivity index (χ0n) is 13.2. The molecule has 7 heteroatoms. The topological polar surface area (TPSA) is 80.6 Å². The highest BCUT2D eigenvalue weighted by molar-refractivity contribution is 7.89. The molecule has 0 amide bonds. The molecule has 1 fully saturated rings. The molecule has 0 saturated carbocycles. The van der Waals surface area contributed by atoms with Gasteiger partial charge in [0.1, 0.15) is 16.4 Å². The number of aryl methyl sites for hydroxylation is 2. The highest BCUT2D eigenvalue weighted by Gasteiger charge is 2.42. The van der Waals surface area contributed by atoms with Crippen molar-refractivity contribution in [3.63, 3.8) is 0 Å². The molecular weight excluding hydrogens is 292 g/mol. The number of rotatable bonds is 5. The van der Waals surface area contributed by atoms with Gasteiger partial charge in [-0.3, -0.25) is 0 Å². The number of hydrogen-bond donors (Lipinski definition) is 2. The fourth-order valence-electron chi connectivity index (χ4n) is 2.77. The second-order valence-electron chi connectivity index (χ2n) is 5.84. The van der Waals surface area contributed by atoms with Crippen LogP contribution in [0.15, 0.2) is 9.31 Å². The molecule has 0 radical (unpaired) electrons. The van der Waals surface area contributed by atoms with Crippen LogP contribution < -0.4 is 10.0 Å². The summed E-state index contributed by atoms with van der Waals surface area (Å²) in [6.07, 6.45) is 0.498. The molecule has 0 aromatic carbocycles. The van der Waals surface area contributed by atoms with Crippen molar-refractivity contribution < 1.29 is 17.6 Å². The average Bonchev–Trinajstić information content (AvgIpc) is 2.81. The van der Waals surface area contributed by atoms with Gasteiger partial charge >= 0.3 is 0 Å². The van der Waals surface area contributed by atoms with Gasteiger partial charge < -0.3 is 14.5 Å². The van der Waals surface area contributed by atoms with Crippen LogP contribution in [0.5, 0.6) is 0 Å². The molecule has 2 unspecified atom stereocenters. The molecule has 2 N–H and O–H groups in total. The lowest BCUT2D eigenvalue weighted by Gasteiger charge is -2.28. The second-order valence-corrected chi connectivity index (χ2v) is 7.46. The van der Waals surface area contributed by atoms with Gasteiger partial charge in [0, 0.05) is 18.7 Å². The largest absolute Gasteiger partial charge is 0.465 e. The van der Waals surface area contributed by atoms with Crippen molar-refractivity contribution in [3.05, 3.63) is 17.1 Å². The maximum absolute atomic E-state index is 12.8. The Morgan fingerprint density at radius 2 is 2.00 bits per heavy atom. The molecule has 2 atom stereocenters. The fraction of sp³-hybridized carbons (Fsp3) is 0.714. The van der Waals surface area contributed by atoms with Crippen LogP contribution in [-0.2, 0) is 21.3 Å². The summed E-state index contributed by atoms with van der Waals surface area (Å²) in [7, 11) is -1.88. The summed E-state index contributed by atoms with van der Waals surface area (Å²) in [5.41, 5.74) is 0.0885. The van der Waals surface area contributed by atoms with Crippen molar-refractivity contribution in [2.75, 3.05) is 13.7 Å². The van der Waals surface area contributed by atoms with Gasteiger partial charge in [-0.05, 0) is 41.2 Å². The van der Waals surface area contributed by atoms with Gasteiger partial charge in [-0.2, -0.15) is 0 Å². The van der Waals surface area contributed by atoms with Crippen LogP contribution in [0.1, 0.15) is 37.4 Å². The number of ether oxygens (including phenoxy) is 1. The molecule has 1 aromatic heterocycles. The Morgan fingerprint density at radius 3 is 2.52 bits per heavy atom. The predicted octanol–water partition coefficient (Wildman–Crippen LogP) is 1.46. The molecule has 120 valence electrons. The van der Waals surface area contributed by atoms with Crippen LogP contribution in [0.3, 0.4) is 0 Å². The molecule has 0 bridgehead atoms. The highest BCUT2D eigenvalue weighted by atomic mass is 32.2. The zero-order chi connectivity index (χ0) is 15.8. The van der Waals surface area contributed by atoms with Gasteiger partial charge in [0.05, 0.1) is 11.6 Å². The SMILES string of the molecule is CNCc1c(C)oc(C)c1S(=O)(=O)NC1(C)CCOC1C. The second kappa shape index (κ2) is 5.72. The Balaban J connectivity index is 2.40. The lowest BCUT2D eigenvalue weighted by atomic mass is 9.97. The molecular formula is C14H24N2O4S. The van der Waals surface area contributed by atoms with Crippen molar-refractivity contribution in [1.29, 1.82) is 0 Å². The van der Waals surface area contributed by atoms with Crippen LogP contribution in [0, 0.1) is 13.8 Å². The van der Waals surface area contributed by atoms with E-state index >= 15 is 0 Å². The van der Waals surface area contributed by atoms with Gasteiger partial charge in [0.25, 0.3) is 0 Å². The number of furan rings is 1. The van der Waals surface area contributed by atoms with E-state index in [1.807, 2.05) is 13.8 Å². The lowest BCUT2D eigenvalue weighted by molar-refractivity contribution is 0.0957. The third kappa shape index (κ3) is 3.01. The van der Waals surface area contributed by atoms with E-state index in [2.05, 4.69) is 10.0 Å². The summed E-state index contributed by atoms with van der Waals surface area (Å²) in [5, 5.41) is 2.99. The van der Waals surface area contributed by atoms with E-state index in [0.29, 0.717) is 36.7 Å². The molecule has 1 aliphatic heterocycles. The van der Waals surface area contributed by atoms with Gasteiger partial charge in [-0.1, -0.05) is 0 Å². The summed E-state index contributed by atoms with van der Waals surface area (Å²) in [4.78, 5) is 0.245. The zero-order valence-corrected chi connectivity index (χ0v) is 14.1. The lowest BCUT2D eigenvalue weighted by Crippen LogP contribution is -2.50. The first-order valence-electron chi connectivity index (χ1n) is 7.10. The van der Waals surface area contributed by atoms with Crippen molar-refractivity contribution >= 4 is 10.0 Å². The Bertz CT molecular complexity index is 623. The van der Waals surface area contributed by atoms with Gasteiger partial charge in [0.2, 0.25) is 10.0 Å².